The number of aromatic carboxylic acids is 1. The van der Waals surface area contributed by atoms with E-state index in [1.54, 1.807) is 17.5 Å². The molecule has 0 radical (unpaired) electrons. The van der Waals surface area contributed by atoms with Gasteiger partial charge in [-0.25, -0.2) is 14.2 Å². The maximum Gasteiger partial charge on any atom is 0.336 e. The number of thiazole rings is 1. The minimum absolute atomic E-state index is 0.242. The van der Waals surface area contributed by atoms with Crippen LogP contribution in [0.5, 0.6) is 0 Å². The molecule has 0 fully saturated rings. The summed E-state index contributed by atoms with van der Waals surface area (Å²) >= 11 is 2.66. The molecule has 3 nitrogen and oxygen atoms in total. The van der Waals surface area contributed by atoms with Crippen LogP contribution in [0.1, 0.15) is 15.9 Å². The molecule has 0 amide bonds. The molecule has 0 saturated heterocycles. The van der Waals surface area contributed by atoms with E-state index in [1.807, 2.05) is 18.4 Å². The zero-order chi connectivity index (χ0) is 15.0. The Labute approximate surface area is 128 Å². The molecule has 21 heavy (non-hydrogen) atoms. The molecule has 2 aromatic heterocycles. The predicted octanol–water partition coefficient (Wildman–Crippen LogP) is 4.68. The number of rotatable bonds is 3. The molecular formula is C15H10FNO2S2. The summed E-state index contributed by atoms with van der Waals surface area (Å²) in [6.07, 6.45) is 0. The first kappa shape index (κ1) is 13.9. The van der Waals surface area contributed by atoms with Crippen LogP contribution in [0.2, 0.25) is 0 Å². The Morgan fingerprint density at radius 1 is 1.24 bits per heavy atom. The smallest absolute Gasteiger partial charge is 0.336 e. The van der Waals surface area contributed by atoms with E-state index in [0.717, 1.165) is 10.4 Å². The molecule has 1 aromatic carbocycles. The van der Waals surface area contributed by atoms with Crippen LogP contribution in [0.15, 0.2) is 35.0 Å². The van der Waals surface area contributed by atoms with E-state index >= 15 is 0 Å². The number of halogens is 1. The summed E-state index contributed by atoms with van der Waals surface area (Å²) in [4.78, 5) is 16.1. The maximum atomic E-state index is 13.9. The van der Waals surface area contributed by atoms with Crippen molar-refractivity contribution in [1.29, 1.82) is 0 Å². The predicted molar refractivity (Wildman–Crippen MR) is 82.5 cm³/mol. The lowest BCUT2D eigenvalue weighted by Crippen LogP contribution is -1.91. The lowest BCUT2D eigenvalue weighted by atomic mass is 10.1. The van der Waals surface area contributed by atoms with Crippen LogP contribution in [-0.4, -0.2) is 16.1 Å². The topological polar surface area (TPSA) is 50.2 Å². The van der Waals surface area contributed by atoms with Gasteiger partial charge in [0.05, 0.1) is 16.1 Å². The summed E-state index contributed by atoms with van der Waals surface area (Å²) in [5, 5.41) is 12.9. The molecule has 2 heterocycles. The van der Waals surface area contributed by atoms with Crippen LogP contribution in [0.3, 0.4) is 0 Å². The van der Waals surface area contributed by atoms with E-state index in [1.165, 1.54) is 28.7 Å². The summed E-state index contributed by atoms with van der Waals surface area (Å²) in [6, 6.07) is 6.61. The summed E-state index contributed by atoms with van der Waals surface area (Å²) in [6.45, 7) is 1.83. The number of carboxylic acid groups (broad SMARTS) is 1. The van der Waals surface area contributed by atoms with E-state index in [0.29, 0.717) is 16.3 Å². The summed E-state index contributed by atoms with van der Waals surface area (Å²) in [5.41, 5.74) is 2.24. The van der Waals surface area contributed by atoms with Crippen LogP contribution >= 0.6 is 22.7 Å². The zero-order valence-electron chi connectivity index (χ0n) is 11.0. The summed E-state index contributed by atoms with van der Waals surface area (Å²) < 4.78 is 13.9. The second kappa shape index (κ2) is 5.38. The Morgan fingerprint density at radius 3 is 2.71 bits per heavy atom. The van der Waals surface area contributed by atoms with Crippen LogP contribution in [0.4, 0.5) is 4.39 Å². The van der Waals surface area contributed by atoms with Gasteiger partial charge in [0.25, 0.3) is 0 Å². The third-order valence-electron chi connectivity index (χ3n) is 2.96. The number of benzene rings is 1. The standard InChI is InChI=1S/C15H10FNO2S2/c1-8-2-3-10(11(16)4-8)14-17-12(7-21-14)13-5-9(6-20-13)15(18)19/h2-7H,1H3,(H,18,19). The number of hydrogen-bond acceptors (Lipinski definition) is 4. The highest BCUT2D eigenvalue weighted by Gasteiger charge is 2.13. The van der Waals surface area contributed by atoms with Crippen molar-refractivity contribution in [2.24, 2.45) is 0 Å². The molecular weight excluding hydrogens is 309 g/mol. The van der Waals surface area contributed by atoms with Gasteiger partial charge in [0.1, 0.15) is 10.8 Å². The highest BCUT2D eigenvalue weighted by molar-refractivity contribution is 7.15. The maximum absolute atomic E-state index is 13.9. The van der Waals surface area contributed by atoms with Gasteiger partial charge in [-0.2, -0.15) is 0 Å². The second-order valence-electron chi connectivity index (χ2n) is 4.53. The van der Waals surface area contributed by atoms with Gasteiger partial charge >= 0.3 is 5.97 Å². The van der Waals surface area contributed by atoms with Crippen molar-refractivity contribution in [2.45, 2.75) is 6.92 Å². The molecule has 0 aliphatic heterocycles. The van der Waals surface area contributed by atoms with E-state index in [9.17, 15) is 9.18 Å². The number of nitrogens with zero attached hydrogens (tertiary/aromatic N) is 1. The SMILES string of the molecule is Cc1ccc(-c2nc(-c3cc(C(=O)O)cs3)cs2)c(F)c1. The summed E-state index contributed by atoms with van der Waals surface area (Å²) in [7, 11) is 0. The molecule has 3 aromatic rings. The molecule has 3 rings (SSSR count). The van der Waals surface area contributed by atoms with Crippen LogP contribution in [-0.2, 0) is 0 Å². The van der Waals surface area contributed by atoms with Crippen molar-refractivity contribution in [2.75, 3.05) is 0 Å². The van der Waals surface area contributed by atoms with E-state index in [2.05, 4.69) is 4.98 Å². The molecule has 0 spiro atoms. The van der Waals surface area contributed by atoms with Crippen molar-refractivity contribution in [3.63, 3.8) is 0 Å². The highest BCUT2D eigenvalue weighted by Crippen LogP contribution is 2.33. The molecule has 0 unspecified atom stereocenters. The molecule has 0 atom stereocenters. The molecule has 0 aliphatic rings. The third-order valence-corrected chi connectivity index (χ3v) is 4.79. The van der Waals surface area contributed by atoms with Crippen LogP contribution in [0.25, 0.3) is 21.1 Å². The number of hydrogen-bond donors (Lipinski definition) is 1. The van der Waals surface area contributed by atoms with Crippen molar-refractivity contribution >= 4 is 28.6 Å². The highest BCUT2D eigenvalue weighted by atomic mass is 32.1. The first-order valence-corrected chi connectivity index (χ1v) is 7.85. The molecule has 6 heteroatoms. The van der Waals surface area contributed by atoms with Gasteiger partial charge in [-0.15, -0.1) is 22.7 Å². The number of thiophene rings is 1. The first-order valence-electron chi connectivity index (χ1n) is 6.09. The van der Waals surface area contributed by atoms with Gasteiger partial charge < -0.3 is 5.11 Å². The third kappa shape index (κ3) is 2.72. The van der Waals surface area contributed by atoms with E-state index in [-0.39, 0.29) is 11.4 Å². The van der Waals surface area contributed by atoms with Gasteiger partial charge in [0.2, 0.25) is 0 Å². The van der Waals surface area contributed by atoms with Gasteiger partial charge in [-0.1, -0.05) is 6.07 Å². The lowest BCUT2D eigenvalue weighted by molar-refractivity contribution is 0.0697. The van der Waals surface area contributed by atoms with E-state index in [4.69, 9.17) is 5.11 Å². The van der Waals surface area contributed by atoms with Crippen molar-refractivity contribution in [3.05, 3.63) is 52.0 Å². The van der Waals surface area contributed by atoms with Crippen LogP contribution < -0.4 is 0 Å². The average molecular weight is 319 g/mol. The van der Waals surface area contributed by atoms with Gasteiger partial charge in [0, 0.05) is 16.3 Å². The van der Waals surface area contributed by atoms with Crippen molar-refractivity contribution < 1.29 is 14.3 Å². The Bertz CT molecular complexity index is 823. The van der Waals surface area contributed by atoms with Crippen molar-refractivity contribution in [1.82, 2.24) is 4.98 Å². The number of carbonyl (C=O) groups is 1. The lowest BCUT2D eigenvalue weighted by Gasteiger charge is -1.99. The Morgan fingerprint density at radius 2 is 2.05 bits per heavy atom. The fraction of sp³-hybridized carbons (Fsp3) is 0.0667. The second-order valence-corrected chi connectivity index (χ2v) is 6.30. The number of aryl methyl sites for hydroxylation is 1. The van der Waals surface area contributed by atoms with Crippen molar-refractivity contribution in [3.8, 4) is 21.1 Å². The normalized spacial score (nSPS) is 10.8. The van der Waals surface area contributed by atoms with Crippen LogP contribution in [0, 0.1) is 12.7 Å². The molecule has 0 bridgehead atoms. The monoisotopic (exact) mass is 319 g/mol. The Balaban J connectivity index is 1.97. The first-order chi connectivity index (χ1) is 10.0. The summed E-state index contributed by atoms with van der Waals surface area (Å²) in [5.74, 6) is -1.26. The molecule has 106 valence electrons. The van der Waals surface area contributed by atoms with Gasteiger partial charge in [-0.05, 0) is 30.7 Å². The van der Waals surface area contributed by atoms with Gasteiger partial charge in [-0.3, -0.25) is 0 Å². The number of aromatic nitrogens is 1. The molecule has 0 aliphatic carbocycles. The Kier molecular flexibility index (Phi) is 3.57. The van der Waals surface area contributed by atoms with E-state index < -0.39 is 5.97 Å². The fourth-order valence-electron chi connectivity index (χ4n) is 1.89. The number of carboxylic acids is 1. The van der Waals surface area contributed by atoms with Gasteiger partial charge in [0.15, 0.2) is 0 Å². The molecule has 0 saturated carbocycles. The molecule has 1 N–H and O–H groups in total. The quantitative estimate of drug-likeness (QED) is 0.762. The Hall–Kier alpha value is -2.05. The minimum Gasteiger partial charge on any atom is -0.478 e. The fourth-order valence-corrected chi connectivity index (χ4v) is 3.65. The minimum atomic E-state index is -0.961. The largest absolute Gasteiger partial charge is 0.478 e. The average Bonchev–Trinajstić information content (AvgIpc) is 3.07. The zero-order valence-corrected chi connectivity index (χ0v) is 12.6.